The fourth-order valence-electron chi connectivity index (χ4n) is 2.42. The van der Waals surface area contributed by atoms with Gasteiger partial charge < -0.3 is 10.2 Å². The average molecular weight is 212 g/mol. The van der Waals surface area contributed by atoms with E-state index in [2.05, 4.69) is 6.58 Å². The number of carbonyl (C=O) groups is 1. The van der Waals surface area contributed by atoms with E-state index in [0.717, 1.165) is 18.4 Å². The van der Waals surface area contributed by atoms with Crippen LogP contribution in [0.1, 0.15) is 33.6 Å². The Morgan fingerprint density at radius 1 is 1.47 bits per heavy atom. The Labute approximate surface area is 90.8 Å². The molecule has 86 valence electrons. The highest BCUT2D eigenvalue weighted by Crippen LogP contribution is 2.44. The Kier molecular flexibility index (Phi) is 3.24. The van der Waals surface area contributed by atoms with Crippen LogP contribution in [0.25, 0.3) is 0 Å². The van der Waals surface area contributed by atoms with E-state index in [1.54, 1.807) is 0 Å². The first-order valence-electron chi connectivity index (χ1n) is 5.33. The molecule has 0 radical (unpaired) electrons. The molecule has 3 atom stereocenters. The predicted octanol–water partition coefficient (Wildman–Crippen LogP) is 2.06. The van der Waals surface area contributed by atoms with Gasteiger partial charge in [-0.05, 0) is 31.1 Å². The molecule has 0 amide bonds. The molecule has 1 aliphatic rings. The normalized spacial score (nSPS) is 34.8. The number of allylic oxidation sites excluding steroid dienone is 1. The van der Waals surface area contributed by atoms with Gasteiger partial charge in [0.1, 0.15) is 0 Å². The number of aliphatic hydroxyl groups is 1. The molecule has 0 unspecified atom stereocenters. The first-order valence-corrected chi connectivity index (χ1v) is 5.33. The summed E-state index contributed by atoms with van der Waals surface area (Å²) in [5.41, 5.74) is 0.548. The third-order valence-corrected chi connectivity index (χ3v) is 3.59. The minimum atomic E-state index is -0.914. The minimum absolute atomic E-state index is 0.0921. The highest BCUT2D eigenvalue weighted by atomic mass is 16.4. The quantitative estimate of drug-likeness (QED) is 0.689. The number of hydrogen-bond donors (Lipinski definition) is 2. The van der Waals surface area contributed by atoms with Crippen molar-refractivity contribution in [1.82, 2.24) is 0 Å². The van der Waals surface area contributed by atoms with Crippen molar-refractivity contribution in [1.29, 1.82) is 0 Å². The van der Waals surface area contributed by atoms with E-state index in [4.69, 9.17) is 5.11 Å². The maximum absolute atomic E-state index is 11.2. The molecule has 1 saturated carbocycles. The Hall–Kier alpha value is -0.830. The zero-order valence-electron chi connectivity index (χ0n) is 9.66. The van der Waals surface area contributed by atoms with Gasteiger partial charge in [0.05, 0.1) is 12.0 Å². The van der Waals surface area contributed by atoms with Gasteiger partial charge in [-0.1, -0.05) is 26.0 Å². The Balaban J connectivity index is 2.98. The van der Waals surface area contributed by atoms with Crippen LogP contribution in [0.5, 0.6) is 0 Å². The molecule has 3 nitrogen and oxygen atoms in total. The summed E-state index contributed by atoms with van der Waals surface area (Å²) in [6, 6.07) is 0. The summed E-state index contributed by atoms with van der Waals surface area (Å²) in [4.78, 5) is 11.2. The van der Waals surface area contributed by atoms with Gasteiger partial charge in [-0.15, -0.1) is 0 Å². The summed E-state index contributed by atoms with van der Waals surface area (Å²) in [6.07, 6.45) is 0.858. The van der Waals surface area contributed by atoms with Crippen LogP contribution < -0.4 is 0 Å². The Morgan fingerprint density at radius 2 is 2.00 bits per heavy atom. The van der Waals surface area contributed by atoms with Crippen LogP contribution in [0.2, 0.25) is 0 Å². The first-order chi connectivity index (χ1) is 6.77. The van der Waals surface area contributed by atoms with Gasteiger partial charge in [0.15, 0.2) is 0 Å². The summed E-state index contributed by atoms with van der Waals surface area (Å²) in [5, 5.41) is 19.2. The lowest BCUT2D eigenvalue weighted by atomic mass is 9.63. The SMILES string of the molecule is C=C(C)[C@@H]1CCC(C)(C)[C@H](O)[C@H]1C(=O)O. The number of carboxylic acids is 1. The average Bonchev–Trinajstić information content (AvgIpc) is 2.08. The van der Waals surface area contributed by atoms with Crippen LogP contribution in [-0.4, -0.2) is 22.3 Å². The highest BCUT2D eigenvalue weighted by molar-refractivity contribution is 5.72. The Bertz CT molecular complexity index is 281. The molecule has 15 heavy (non-hydrogen) atoms. The van der Waals surface area contributed by atoms with E-state index >= 15 is 0 Å². The number of hydrogen-bond acceptors (Lipinski definition) is 2. The van der Waals surface area contributed by atoms with Crippen molar-refractivity contribution in [3.05, 3.63) is 12.2 Å². The molecule has 0 aromatic carbocycles. The summed E-state index contributed by atoms with van der Waals surface area (Å²) < 4.78 is 0. The van der Waals surface area contributed by atoms with E-state index in [1.807, 2.05) is 20.8 Å². The topological polar surface area (TPSA) is 57.5 Å². The van der Waals surface area contributed by atoms with Crippen molar-refractivity contribution in [2.24, 2.45) is 17.3 Å². The maximum atomic E-state index is 11.2. The molecule has 2 N–H and O–H groups in total. The molecule has 1 aliphatic carbocycles. The summed E-state index contributed by atoms with van der Waals surface area (Å²) >= 11 is 0. The monoisotopic (exact) mass is 212 g/mol. The molecule has 0 aromatic heterocycles. The van der Waals surface area contributed by atoms with Crippen molar-refractivity contribution >= 4 is 5.97 Å². The molecule has 1 rings (SSSR count). The summed E-state index contributed by atoms with van der Waals surface area (Å²) in [7, 11) is 0. The molecule has 0 aliphatic heterocycles. The standard InChI is InChI=1S/C12H20O3/c1-7(2)8-5-6-12(3,4)10(13)9(8)11(14)15/h8-10,13H,1,5-6H2,2-4H3,(H,14,15)/t8-,9-,10+/m0/s1. The number of aliphatic carboxylic acids is 1. The molecule has 0 heterocycles. The largest absolute Gasteiger partial charge is 0.481 e. The fourth-order valence-corrected chi connectivity index (χ4v) is 2.42. The zero-order valence-corrected chi connectivity index (χ0v) is 9.66. The molecule has 3 heteroatoms. The van der Waals surface area contributed by atoms with Crippen LogP contribution in [0.15, 0.2) is 12.2 Å². The van der Waals surface area contributed by atoms with Crippen molar-refractivity contribution < 1.29 is 15.0 Å². The number of carboxylic acid groups (broad SMARTS) is 1. The summed E-state index contributed by atoms with van der Waals surface area (Å²) in [6.45, 7) is 9.50. The lowest BCUT2D eigenvalue weighted by Crippen LogP contribution is -2.48. The smallest absolute Gasteiger partial charge is 0.309 e. The zero-order chi connectivity index (χ0) is 11.8. The van der Waals surface area contributed by atoms with Crippen LogP contribution in [0, 0.1) is 17.3 Å². The minimum Gasteiger partial charge on any atom is -0.481 e. The number of rotatable bonds is 2. The van der Waals surface area contributed by atoms with Gasteiger partial charge in [0.25, 0.3) is 0 Å². The number of aliphatic hydroxyl groups excluding tert-OH is 1. The van der Waals surface area contributed by atoms with Gasteiger partial charge in [-0.3, -0.25) is 4.79 Å². The van der Waals surface area contributed by atoms with Crippen molar-refractivity contribution in [3.8, 4) is 0 Å². The van der Waals surface area contributed by atoms with Gasteiger partial charge >= 0.3 is 5.97 Å². The highest BCUT2D eigenvalue weighted by Gasteiger charge is 2.46. The van der Waals surface area contributed by atoms with Crippen molar-refractivity contribution in [2.45, 2.75) is 39.7 Å². The van der Waals surface area contributed by atoms with Crippen LogP contribution in [0.3, 0.4) is 0 Å². The third-order valence-electron chi connectivity index (χ3n) is 3.59. The summed E-state index contributed by atoms with van der Waals surface area (Å²) in [5.74, 6) is -1.71. The van der Waals surface area contributed by atoms with E-state index in [1.165, 1.54) is 0 Å². The van der Waals surface area contributed by atoms with E-state index in [-0.39, 0.29) is 11.3 Å². The molecule has 0 spiro atoms. The second-order valence-corrected chi connectivity index (χ2v) is 5.29. The maximum Gasteiger partial charge on any atom is 0.309 e. The molecule has 0 bridgehead atoms. The van der Waals surface area contributed by atoms with Gasteiger partial charge in [0, 0.05) is 0 Å². The second kappa shape index (κ2) is 3.97. The van der Waals surface area contributed by atoms with Gasteiger partial charge in [-0.25, -0.2) is 0 Å². The fraction of sp³-hybridized carbons (Fsp3) is 0.750. The van der Waals surface area contributed by atoms with E-state index in [0.29, 0.717) is 0 Å². The second-order valence-electron chi connectivity index (χ2n) is 5.29. The first kappa shape index (κ1) is 12.2. The van der Waals surface area contributed by atoms with Gasteiger partial charge in [-0.2, -0.15) is 0 Å². The Morgan fingerprint density at radius 3 is 2.40 bits per heavy atom. The van der Waals surface area contributed by atoms with E-state index in [9.17, 15) is 9.90 Å². The van der Waals surface area contributed by atoms with E-state index < -0.39 is 18.0 Å². The molecular weight excluding hydrogens is 192 g/mol. The molecule has 0 aromatic rings. The van der Waals surface area contributed by atoms with Gasteiger partial charge in [0.2, 0.25) is 0 Å². The lowest BCUT2D eigenvalue weighted by Gasteiger charge is -2.43. The predicted molar refractivity (Wildman–Crippen MR) is 58.5 cm³/mol. The van der Waals surface area contributed by atoms with Crippen LogP contribution in [0.4, 0.5) is 0 Å². The third kappa shape index (κ3) is 2.23. The molecule has 0 saturated heterocycles. The van der Waals surface area contributed by atoms with Crippen LogP contribution in [-0.2, 0) is 4.79 Å². The molecular formula is C12H20O3. The van der Waals surface area contributed by atoms with Crippen molar-refractivity contribution in [2.75, 3.05) is 0 Å². The van der Waals surface area contributed by atoms with Crippen LogP contribution >= 0.6 is 0 Å². The van der Waals surface area contributed by atoms with Crippen molar-refractivity contribution in [3.63, 3.8) is 0 Å². The molecule has 1 fully saturated rings. The lowest BCUT2D eigenvalue weighted by molar-refractivity contribution is -0.156.